The van der Waals surface area contributed by atoms with Crippen molar-refractivity contribution < 1.29 is 5.11 Å². The summed E-state index contributed by atoms with van der Waals surface area (Å²) in [6.07, 6.45) is 9.64. The number of hydrogen-bond acceptors (Lipinski definition) is 2. The number of nitrogens with zero attached hydrogens (tertiary/aromatic N) is 1. The summed E-state index contributed by atoms with van der Waals surface area (Å²) in [5.74, 6) is 0.989. The minimum atomic E-state index is -0.482. The zero-order valence-electron chi connectivity index (χ0n) is 11.2. The van der Waals surface area contributed by atoms with Gasteiger partial charge in [-0.05, 0) is 56.1 Å². The first-order valence-electron chi connectivity index (χ1n) is 7.39. The third kappa shape index (κ3) is 1.97. The summed E-state index contributed by atoms with van der Waals surface area (Å²) in [6, 6.07) is 4.21. The summed E-state index contributed by atoms with van der Waals surface area (Å²) in [7, 11) is 0. The zero-order valence-corrected chi connectivity index (χ0v) is 11.2. The molecule has 1 heterocycles. The Labute approximate surface area is 109 Å². The van der Waals surface area contributed by atoms with Crippen LogP contribution in [0.1, 0.15) is 62.6 Å². The highest BCUT2D eigenvalue weighted by atomic mass is 16.3. The normalized spacial score (nSPS) is 35.4. The summed E-state index contributed by atoms with van der Waals surface area (Å²) in [5.41, 5.74) is 2.06. The lowest BCUT2D eigenvalue weighted by Crippen LogP contribution is -2.36. The Kier molecular flexibility index (Phi) is 3.14. The Hall–Kier alpha value is -0.890. The quantitative estimate of drug-likeness (QED) is 0.865. The van der Waals surface area contributed by atoms with Gasteiger partial charge in [0.1, 0.15) is 0 Å². The van der Waals surface area contributed by atoms with Crippen LogP contribution in [0.3, 0.4) is 0 Å². The Morgan fingerprint density at radius 2 is 2.33 bits per heavy atom. The van der Waals surface area contributed by atoms with Crippen molar-refractivity contribution >= 4 is 0 Å². The molecule has 0 saturated heterocycles. The van der Waals surface area contributed by atoms with Crippen molar-refractivity contribution in [2.24, 2.45) is 5.92 Å². The Morgan fingerprint density at radius 3 is 3.11 bits per heavy atom. The minimum Gasteiger partial charge on any atom is -0.389 e. The van der Waals surface area contributed by atoms with E-state index in [1.807, 2.05) is 12.3 Å². The maximum atomic E-state index is 11.0. The highest BCUT2D eigenvalue weighted by molar-refractivity contribution is 5.29. The maximum absolute atomic E-state index is 11.0. The number of aryl methyl sites for hydroxylation is 1. The van der Waals surface area contributed by atoms with Crippen LogP contribution in [-0.2, 0) is 6.42 Å². The van der Waals surface area contributed by atoms with Crippen LogP contribution in [0.25, 0.3) is 0 Å². The average molecular weight is 245 g/mol. The van der Waals surface area contributed by atoms with Gasteiger partial charge in [-0.3, -0.25) is 4.98 Å². The molecule has 2 heteroatoms. The second-order valence-electron chi connectivity index (χ2n) is 6.11. The number of aromatic nitrogens is 1. The van der Waals surface area contributed by atoms with Crippen molar-refractivity contribution in [3.05, 3.63) is 29.6 Å². The molecule has 3 rings (SSSR count). The molecular formula is C16H23NO. The lowest BCUT2D eigenvalue weighted by Gasteiger charge is -2.36. The number of hydrogen-bond donors (Lipinski definition) is 1. The molecule has 2 aliphatic carbocycles. The summed E-state index contributed by atoms with van der Waals surface area (Å²) < 4.78 is 0. The van der Waals surface area contributed by atoms with Crippen LogP contribution >= 0.6 is 0 Å². The lowest BCUT2D eigenvalue weighted by molar-refractivity contribution is 0.00759. The molecule has 0 radical (unpaired) electrons. The lowest BCUT2D eigenvalue weighted by atomic mass is 9.74. The van der Waals surface area contributed by atoms with Crippen LogP contribution in [0, 0.1) is 5.92 Å². The third-order valence-corrected chi connectivity index (χ3v) is 5.05. The van der Waals surface area contributed by atoms with E-state index in [-0.39, 0.29) is 5.92 Å². The Bertz CT molecular complexity index is 431. The predicted molar refractivity (Wildman–Crippen MR) is 72.5 cm³/mol. The molecular weight excluding hydrogens is 222 g/mol. The maximum Gasteiger partial charge on any atom is 0.0733 e. The van der Waals surface area contributed by atoms with Crippen molar-refractivity contribution in [2.45, 2.75) is 63.4 Å². The molecule has 0 bridgehead atoms. The van der Waals surface area contributed by atoms with Gasteiger partial charge in [0.2, 0.25) is 0 Å². The molecule has 1 N–H and O–H groups in total. The van der Waals surface area contributed by atoms with Gasteiger partial charge in [0.05, 0.1) is 5.60 Å². The third-order valence-electron chi connectivity index (χ3n) is 5.05. The average Bonchev–Trinajstić information content (AvgIpc) is 2.81. The van der Waals surface area contributed by atoms with Gasteiger partial charge >= 0.3 is 0 Å². The molecule has 0 amide bonds. The fourth-order valence-electron chi connectivity index (χ4n) is 3.96. The second-order valence-corrected chi connectivity index (χ2v) is 6.11. The van der Waals surface area contributed by atoms with Gasteiger partial charge in [-0.15, -0.1) is 0 Å². The van der Waals surface area contributed by atoms with Gasteiger partial charge in [0, 0.05) is 17.8 Å². The largest absolute Gasteiger partial charge is 0.389 e. The monoisotopic (exact) mass is 245 g/mol. The number of fused-ring (bicyclic) bond motifs is 1. The minimum absolute atomic E-state index is 0.277. The molecule has 0 aliphatic heterocycles. The molecule has 1 aromatic rings. The van der Waals surface area contributed by atoms with E-state index < -0.39 is 5.60 Å². The fraction of sp³-hybridized carbons (Fsp3) is 0.688. The summed E-state index contributed by atoms with van der Waals surface area (Å²) >= 11 is 0. The van der Waals surface area contributed by atoms with E-state index >= 15 is 0 Å². The fourth-order valence-corrected chi connectivity index (χ4v) is 3.96. The van der Waals surface area contributed by atoms with E-state index in [1.54, 1.807) is 0 Å². The van der Waals surface area contributed by atoms with Gasteiger partial charge < -0.3 is 5.11 Å². The number of rotatable bonds is 2. The van der Waals surface area contributed by atoms with Crippen LogP contribution in [0.2, 0.25) is 0 Å². The zero-order chi connectivity index (χ0) is 12.6. The predicted octanol–water partition coefficient (Wildman–Crippen LogP) is 3.44. The van der Waals surface area contributed by atoms with Crippen molar-refractivity contribution in [1.82, 2.24) is 4.98 Å². The highest BCUT2D eigenvalue weighted by Crippen LogP contribution is 2.48. The second kappa shape index (κ2) is 4.65. The van der Waals surface area contributed by atoms with E-state index in [0.717, 1.165) is 25.7 Å². The summed E-state index contributed by atoms with van der Waals surface area (Å²) in [5, 5.41) is 11.0. The summed E-state index contributed by atoms with van der Waals surface area (Å²) in [6.45, 7) is 2.24. The van der Waals surface area contributed by atoms with Gasteiger partial charge in [-0.1, -0.05) is 19.4 Å². The van der Waals surface area contributed by atoms with Gasteiger partial charge in [-0.25, -0.2) is 0 Å². The molecule has 18 heavy (non-hydrogen) atoms. The van der Waals surface area contributed by atoms with Crippen LogP contribution < -0.4 is 0 Å². The van der Waals surface area contributed by atoms with E-state index in [0.29, 0.717) is 5.92 Å². The Morgan fingerprint density at radius 1 is 1.44 bits per heavy atom. The van der Waals surface area contributed by atoms with Crippen molar-refractivity contribution in [3.8, 4) is 0 Å². The molecule has 1 saturated carbocycles. The van der Waals surface area contributed by atoms with E-state index in [9.17, 15) is 5.11 Å². The smallest absolute Gasteiger partial charge is 0.0733 e. The number of pyridine rings is 1. The number of aliphatic hydroxyl groups is 1. The van der Waals surface area contributed by atoms with E-state index in [1.165, 1.54) is 30.5 Å². The standard InChI is InChI=1S/C16H23NO/c1-2-12-8-9-16(18,11-12)14-7-3-5-13-6-4-10-17-15(13)14/h4,6,10,12,14,18H,2-3,5,7-9,11H2,1H3. The topological polar surface area (TPSA) is 33.1 Å². The van der Waals surface area contributed by atoms with Gasteiger partial charge in [0.25, 0.3) is 0 Å². The van der Waals surface area contributed by atoms with Crippen LogP contribution in [0.5, 0.6) is 0 Å². The highest BCUT2D eigenvalue weighted by Gasteiger charge is 2.45. The van der Waals surface area contributed by atoms with Crippen LogP contribution in [0.15, 0.2) is 18.3 Å². The summed E-state index contributed by atoms with van der Waals surface area (Å²) in [4.78, 5) is 4.58. The van der Waals surface area contributed by atoms with Gasteiger partial charge in [-0.2, -0.15) is 0 Å². The first-order valence-corrected chi connectivity index (χ1v) is 7.39. The van der Waals surface area contributed by atoms with Crippen LogP contribution in [-0.4, -0.2) is 15.7 Å². The van der Waals surface area contributed by atoms with Crippen molar-refractivity contribution in [1.29, 1.82) is 0 Å². The first kappa shape index (κ1) is 12.2. The Balaban J connectivity index is 1.90. The van der Waals surface area contributed by atoms with E-state index in [4.69, 9.17) is 0 Å². The molecule has 2 aliphatic rings. The molecule has 1 aromatic heterocycles. The molecule has 98 valence electrons. The van der Waals surface area contributed by atoms with E-state index in [2.05, 4.69) is 18.0 Å². The van der Waals surface area contributed by atoms with Crippen molar-refractivity contribution in [2.75, 3.05) is 0 Å². The first-order chi connectivity index (χ1) is 8.73. The van der Waals surface area contributed by atoms with Gasteiger partial charge in [0.15, 0.2) is 0 Å². The molecule has 1 fully saturated rings. The molecule has 2 nitrogen and oxygen atoms in total. The van der Waals surface area contributed by atoms with Crippen molar-refractivity contribution in [3.63, 3.8) is 0 Å². The van der Waals surface area contributed by atoms with Crippen LogP contribution in [0.4, 0.5) is 0 Å². The molecule has 3 atom stereocenters. The molecule has 3 unspecified atom stereocenters. The SMILES string of the molecule is CCC1CCC(O)(C2CCCc3cccnc32)C1. The molecule has 0 spiro atoms. The molecule has 0 aromatic carbocycles.